The van der Waals surface area contributed by atoms with Crippen LogP contribution in [0.1, 0.15) is 0 Å². The summed E-state index contributed by atoms with van der Waals surface area (Å²) >= 11 is 1.61. The van der Waals surface area contributed by atoms with E-state index in [1.165, 1.54) is 0 Å². The highest BCUT2D eigenvalue weighted by Gasteiger charge is 2.21. The molecule has 0 aromatic carbocycles. The fourth-order valence-corrected chi connectivity index (χ4v) is 1.03. The van der Waals surface area contributed by atoms with Gasteiger partial charge in [0, 0.05) is 6.07 Å². The molecule has 0 aliphatic rings. The number of alkyl halides is 3. The molecule has 0 bridgehead atoms. The first kappa shape index (κ1) is 11.5. The van der Waals surface area contributed by atoms with E-state index in [4.69, 9.17) is 0 Å². The van der Waals surface area contributed by atoms with Gasteiger partial charge in [-0.25, -0.2) is 18.2 Å². The fourth-order valence-electron chi connectivity index (χ4n) is 0.628. The zero-order valence-corrected chi connectivity index (χ0v) is 8.71. The molecule has 14 heavy (non-hydrogen) atoms. The molecule has 0 aliphatic carbocycles. The van der Waals surface area contributed by atoms with Crippen LogP contribution in [0.3, 0.4) is 0 Å². The first-order valence-corrected chi connectivity index (χ1v) is 4.48. The van der Waals surface area contributed by atoms with Crippen LogP contribution in [-0.4, -0.2) is 17.8 Å². The van der Waals surface area contributed by atoms with Crippen molar-refractivity contribution in [3.63, 3.8) is 0 Å². The number of aromatic nitrogens is 1. The first-order valence-electron chi connectivity index (χ1n) is 3.40. The molecule has 0 radical (unpaired) electrons. The van der Waals surface area contributed by atoms with E-state index < -0.39 is 18.6 Å². The standard InChI is InChI=1S/C7H4F4INO/c8-3-2-13-5(1-4(3)12)14-7(11)6(9)10/h1-2,6-7H. The van der Waals surface area contributed by atoms with E-state index in [0.717, 1.165) is 12.3 Å². The summed E-state index contributed by atoms with van der Waals surface area (Å²) in [4.78, 5) is 3.29. The van der Waals surface area contributed by atoms with Crippen LogP contribution >= 0.6 is 22.6 Å². The van der Waals surface area contributed by atoms with Crippen molar-refractivity contribution in [1.29, 1.82) is 0 Å². The van der Waals surface area contributed by atoms with Gasteiger partial charge in [-0.2, -0.15) is 4.39 Å². The number of rotatable bonds is 3. The van der Waals surface area contributed by atoms with Crippen LogP contribution in [0.4, 0.5) is 17.6 Å². The highest BCUT2D eigenvalue weighted by molar-refractivity contribution is 14.1. The minimum absolute atomic E-state index is 0.120. The van der Waals surface area contributed by atoms with E-state index in [1.54, 1.807) is 22.6 Å². The second-order valence-electron chi connectivity index (χ2n) is 2.24. The molecule has 1 heterocycles. The zero-order chi connectivity index (χ0) is 10.7. The summed E-state index contributed by atoms with van der Waals surface area (Å²) in [7, 11) is 0. The number of hydrogen-bond acceptors (Lipinski definition) is 2. The summed E-state index contributed by atoms with van der Waals surface area (Å²) in [6.45, 7) is 0. The number of ether oxygens (including phenoxy) is 1. The van der Waals surface area contributed by atoms with Crippen molar-refractivity contribution in [1.82, 2.24) is 4.98 Å². The van der Waals surface area contributed by atoms with Gasteiger partial charge in [0.05, 0.1) is 9.77 Å². The molecule has 1 aromatic rings. The molecule has 0 N–H and O–H groups in total. The third-order valence-corrected chi connectivity index (χ3v) is 2.04. The van der Waals surface area contributed by atoms with Gasteiger partial charge in [0.2, 0.25) is 5.88 Å². The van der Waals surface area contributed by atoms with Crippen LogP contribution in [0.15, 0.2) is 12.3 Å². The number of pyridine rings is 1. The van der Waals surface area contributed by atoms with Gasteiger partial charge in [-0.1, -0.05) is 0 Å². The molecule has 0 aliphatic heterocycles. The zero-order valence-electron chi connectivity index (χ0n) is 6.55. The summed E-state index contributed by atoms with van der Waals surface area (Å²) in [6, 6.07) is 1.03. The van der Waals surface area contributed by atoms with Crippen molar-refractivity contribution in [3.8, 4) is 5.88 Å². The normalized spacial score (nSPS) is 13.0. The average molecular weight is 321 g/mol. The summed E-state index contributed by atoms with van der Waals surface area (Å²) in [5, 5.41) is 0. The smallest absolute Gasteiger partial charge is 0.304 e. The van der Waals surface area contributed by atoms with Crippen molar-refractivity contribution in [2.45, 2.75) is 12.8 Å². The molecule has 7 heteroatoms. The van der Waals surface area contributed by atoms with Crippen LogP contribution in [0.5, 0.6) is 5.88 Å². The van der Waals surface area contributed by atoms with Crippen molar-refractivity contribution in [2.24, 2.45) is 0 Å². The molecule has 0 spiro atoms. The van der Waals surface area contributed by atoms with Crippen molar-refractivity contribution < 1.29 is 22.3 Å². The third-order valence-electron chi connectivity index (χ3n) is 1.21. The quantitative estimate of drug-likeness (QED) is 0.631. The predicted octanol–water partition coefficient (Wildman–Crippen LogP) is 2.76. The van der Waals surface area contributed by atoms with Crippen molar-refractivity contribution in [3.05, 3.63) is 21.7 Å². The van der Waals surface area contributed by atoms with E-state index in [1.807, 2.05) is 0 Å². The van der Waals surface area contributed by atoms with Gasteiger partial charge in [0.1, 0.15) is 0 Å². The van der Waals surface area contributed by atoms with Crippen LogP contribution in [-0.2, 0) is 0 Å². The van der Waals surface area contributed by atoms with Crippen LogP contribution in [0.2, 0.25) is 0 Å². The van der Waals surface area contributed by atoms with E-state index in [-0.39, 0.29) is 9.45 Å². The SMILES string of the molecule is Fc1cnc(OC(F)C(F)F)cc1I. The maximum atomic E-state index is 12.6. The topological polar surface area (TPSA) is 22.1 Å². The highest BCUT2D eigenvalue weighted by Crippen LogP contribution is 2.18. The van der Waals surface area contributed by atoms with E-state index in [9.17, 15) is 17.6 Å². The Kier molecular flexibility index (Phi) is 3.90. The molecule has 1 atom stereocenters. The largest absolute Gasteiger partial charge is 0.437 e. The number of nitrogens with zero attached hydrogens (tertiary/aromatic N) is 1. The third kappa shape index (κ3) is 2.96. The molecule has 0 fully saturated rings. The Labute approximate surface area is 90.4 Å². The highest BCUT2D eigenvalue weighted by atomic mass is 127. The minimum Gasteiger partial charge on any atom is -0.437 e. The molecule has 2 nitrogen and oxygen atoms in total. The van der Waals surface area contributed by atoms with E-state index in [0.29, 0.717) is 0 Å². The lowest BCUT2D eigenvalue weighted by molar-refractivity contribution is -0.0691. The minimum atomic E-state index is -3.25. The summed E-state index contributed by atoms with van der Waals surface area (Å²) < 4.78 is 52.6. The lowest BCUT2D eigenvalue weighted by atomic mass is 10.5. The molecule has 0 saturated carbocycles. The monoisotopic (exact) mass is 321 g/mol. The van der Waals surface area contributed by atoms with Gasteiger partial charge in [0.25, 0.3) is 6.36 Å². The Morgan fingerprint density at radius 1 is 1.36 bits per heavy atom. The van der Waals surface area contributed by atoms with E-state index in [2.05, 4.69) is 9.72 Å². The molecular formula is C7H4F4INO. The lowest BCUT2D eigenvalue weighted by Crippen LogP contribution is -2.20. The van der Waals surface area contributed by atoms with Crippen LogP contribution in [0.25, 0.3) is 0 Å². The summed E-state index contributed by atoms with van der Waals surface area (Å²) in [6.07, 6.45) is -5.22. The molecule has 1 unspecified atom stereocenters. The first-order chi connectivity index (χ1) is 6.50. The Bertz CT molecular complexity index is 323. The van der Waals surface area contributed by atoms with Gasteiger partial charge < -0.3 is 4.74 Å². The Hall–Kier alpha value is -0.600. The number of hydrogen-bond donors (Lipinski definition) is 0. The summed E-state index contributed by atoms with van der Waals surface area (Å²) in [5.41, 5.74) is 0. The van der Waals surface area contributed by atoms with Gasteiger partial charge in [-0.05, 0) is 22.6 Å². The average Bonchev–Trinajstić information content (AvgIpc) is 2.11. The maximum absolute atomic E-state index is 12.6. The molecule has 78 valence electrons. The van der Waals surface area contributed by atoms with Crippen LogP contribution < -0.4 is 4.74 Å². The van der Waals surface area contributed by atoms with E-state index >= 15 is 0 Å². The number of halogens is 5. The lowest BCUT2D eigenvalue weighted by Gasteiger charge is -2.09. The second kappa shape index (κ2) is 4.76. The Balaban J connectivity index is 2.73. The van der Waals surface area contributed by atoms with Gasteiger partial charge in [0.15, 0.2) is 5.82 Å². The predicted molar refractivity (Wildman–Crippen MR) is 48.4 cm³/mol. The van der Waals surface area contributed by atoms with Crippen molar-refractivity contribution in [2.75, 3.05) is 0 Å². The van der Waals surface area contributed by atoms with Gasteiger partial charge in [-0.3, -0.25) is 0 Å². The van der Waals surface area contributed by atoms with Gasteiger partial charge >= 0.3 is 6.43 Å². The second-order valence-corrected chi connectivity index (χ2v) is 3.40. The van der Waals surface area contributed by atoms with Gasteiger partial charge in [-0.15, -0.1) is 0 Å². The molecule has 0 amide bonds. The van der Waals surface area contributed by atoms with Crippen molar-refractivity contribution >= 4 is 22.6 Å². The Morgan fingerprint density at radius 3 is 2.50 bits per heavy atom. The molecule has 1 rings (SSSR count). The summed E-state index contributed by atoms with van der Waals surface area (Å²) in [5.74, 6) is -0.992. The van der Waals surface area contributed by atoms with Crippen LogP contribution in [0, 0.1) is 9.39 Å². The molecule has 1 aromatic heterocycles. The molecular weight excluding hydrogens is 317 g/mol. The maximum Gasteiger partial charge on any atom is 0.304 e. The molecule has 0 saturated heterocycles. The fraction of sp³-hybridized carbons (Fsp3) is 0.286. The Morgan fingerprint density at radius 2 is 2.00 bits per heavy atom.